The van der Waals surface area contributed by atoms with Gasteiger partial charge in [-0.25, -0.2) is 0 Å². The molecular formula is C20H27NO5. The van der Waals surface area contributed by atoms with Gasteiger partial charge in [-0.1, -0.05) is 6.07 Å². The Bertz CT molecular complexity index is 766. The maximum atomic E-state index is 12.6. The van der Waals surface area contributed by atoms with Crippen LogP contribution in [0.5, 0.6) is 11.5 Å². The molecule has 0 bridgehead atoms. The monoisotopic (exact) mass is 361 g/mol. The van der Waals surface area contributed by atoms with Gasteiger partial charge in [-0.2, -0.15) is 0 Å². The van der Waals surface area contributed by atoms with E-state index in [2.05, 4.69) is 5.32 Å². The summed E-state index contributed by atoms with van der Waals surface area (Å²) in [5, 5.41) is 3.02. The largest absolute Gasteiger partial charge is 0.493 e. The lowest BCUT2D eigenvalue weighted by atomic mass is 10.1. The first-order valence-corrected chi connectivity index (χ1v) is 8.56. The third-order valence-electron chi connectivity index (χ3n) is 4.37. The predicted molar refractivity (Wildman–Crippen MR) is 99.2 cm³/mol. The molecule has 0 fully saturated rings. The Morgan fingerprint density at radius 2 is 1.85 bits per heavy atom. The molecule has 26 heavy (non-hydrogen) atoms. The van der Waals surface area contributed by atoms with Gasteiger partial charge in [0.1, 0.15) is 18.1 Å². The Labute approximate surface area is 154 Å². The molecule has 0 saturated carbocycles. The molecule has 2 rings (SSSR count). The summed E-state index contributed by atoms with van der Waals surface area (Å²) in [4.78, 5) is 12.6. The molecule has 6 nitrogen and oxygen atoms in total. The number of furan rings is 1. The van der Waals surface area contributed by atoms with E-state index in [0.717, 1.165) is 16.9 Å². The molecule has 1 aromatic heterocycles. The Balaban J connectivity index is 2.13. The maximum absolute atomic E-state index is 12.6. The SMILES string of the molecule is COCCOc1ccc([C@@H](C)NC(=O)c2c(C)oc(C)c2C)cc1OC. The molecule has 2 aromatic rings. The van der Waals surface area contributed by atoms with Crippen molar-refractivity contribution in [1.29, 1.82) is 0 Å². The van der Waals surface area contributed by atoms with Gasteiger partial charge in [0.05, 0.1) is 25.3 Å². The minimum atomic E-state index is -0.196. The first-order chi connectivity index (χ1) is 12.4. The van der Waals surface area contributed by atoms with E-state index in [0.29, 0.717) is 36.0 Å². The molecule has 1 amide bonds. The van der Waals surface area contributed by atoms with Gasteiger partial charge in [-0.3, -0.25) is 4.79 Å². The van der Waals surface area contributed by atoms with Crippen molar-refractivity contribution in [3.63, 3.8) is 0 Å². The molecule has 0 saturated heterocycles. The summed E-state index contributed by atoms with van der Waals surface area (Å²) >= 11 is 0. The number of hydrogen-bond acceptors (Lipinski definition) is 5. The first kappa shape index (κ1) is 19.8. The van der Waals surface area contributed by atoms with Crippen LogP contribution in [0, 0.1) is 20.8 Å². The summed E-state index contributed by atoms with van der Waals surface area (Å²) in [6.45, 7) is 8.41. The zero-order valence-corrected chi connectivity index (χ0v) is 16.3. The summed E-state index contributed by atoms with van der Waals surface area (Å²) in [6.07, 6.45) is 0. The minimum absolute atomic E-state index is 0.149. The fourth-order valence-corrected chi connectivity index (χ4v) is 2.79. The van der Waals surface area contributed by atoms with Crippen molar-refractivity contribution < 1.29 is 23.4 Å². The number of hydrogen-bond donors (Lipinski definition) is 1. The molecule has 0 spiro atoms. The molecule has 0 aliphatic carbocycles. The summed E-state index contributed by atoms with van der Waals surface area (Å²) in [5.41, 5.74) is 2.39. The van der Waals surface area contributed by atoms with Gasteiger partial charge in [0.2, 0.25) is 0 Å². The highest BCUT2D eigenvalue weighted by Gasteiger charge is 2.21. The Morgan fingerprint density at radius 3 is 2.42 bits per heavy atom. The number of carbonyl (C=O) groups is 1. The number of amides is 1. The van der Waals surface area contributed by atoms with Gasteiger partial charge in [-0.15, -0.1) is 0 Å². The van der Waals surface area contributed by atoms with Gasteiger partial charge >= 0.3 is 0 Å². The number of ether oxygens (including phenoxy) is 3. The normalized spacial score (nSPS) is 11.9. The lowest BCUT2D eigenvalue weighted by Crippen LogP contribution is -2.27. The number of carbonyl (C=O) groups excluding carboxylic acids is 1. The first-order valence-electron chi connectivity index (χ1n) is 8.56. The molecule has 0 radical (unpaired) electrons. The second kappa shape index (κ2) is 8.76. The van der Waals surface area contributed by atoms with Crippen LogP contribution in [0.25, 0.3) is 0 Å². The molecule has 0 aliphatic rings. The van der Waals surface area contributed by atoms with E-state index >= 15 is 0 Å². The van der Waals surface area contributed by atoms with Crippen molar-refractivity contribution in [3.8, 4) is 11.5 Å². The van der Waals surface area contributed by atoms with E-state index < -0.39 is 0 Å². The predicted octanol–water partition coefficient (Wildman–Crippen LogP) is 3.73. The van der Waals surface area contributed by atoms with Crippen LogP contribution >= 0.6 is 0 Å². The summed E-state index contributed by atoms with van der Waals surface area (Å²) in [6, 6.07) is 5.42. The quantitative estimate of drug-likeness (QED) is 0.726. The maximum Gasteiger partial charge on any atom is 0.255 e. The molecule has 1 heterocycles. The van der Waals surface area contributed by atoms with Crippen molar-refractivity contribution in [1.82, 2.24) is 5.32 Å². The Hall–Kier alpha value is -2.47. The zero-order valence-electron chi connectivity index (χ0n) is 16.3. The van der Waals surface area contributed by atoms with Crippen molar-refractivity contribution in [3.05, 3.63) is 46.4 Å². The summed E-state index contributed by atoms with van der Waals surface area (Å²) in [5.74, 6) is 2.50. The molecule has 1 atom stereocenters. The highest BCUT2D eigenvalue weighted by atomic mass is 16.5. The smallest absolute Gasteiger partial charge is 0.255 e. The summed E-state index contributed by atoms with van der Waals surface area (Å²) in [7, 11) is 3.21. The van der Waals surface area contributed by atoms with Crippen LogP contribution in [0.15, 0.2) is 22.6 Å². The fourth-order valence-electron chi connectivity index (χ4n) is 2.79. The molecule has 1 aromatic carbocycles. The van der Waals surface area contributed by atoms with E-state index in [4.69, 9.17) is 18.6 Å². The standard InChI is InChI=1S/C20H27NO5/c1-12-14(3)26-15(4)19(12)20(22)21-13(2)16-7-8-17(18(11-16)24-6)25-10-9-23-5/h7-8,11,13H,9-10H2,1-6H3,(H,21,22)/t13-/m1/s1. The zero-order chi connectivity index (χ0) is 19.3. The van der Waals surface area contributed by atoms with E-state index in [1.165, 1.54) is 0 Å². The van der Waals surface area contributed by atoms with Gasteiger partial charge < -0.3 is 23.9 Å². The third kappa shape index (κ3) is 4.38. The number of rotatable bonds is 8. The van der Waals surface area contributed by atoms with Gasteiger partial charge in [0.15, 0.2) is 11.5 Å². The van der Waals surface area contributed by atoms with Crippen LogP contribution < -0.4 is 14.8 Å². The number of aryl methyl sites for hydroxylation is 2. The van der Waals surface area contributed by atoms with Crippen LogP contribution in [-0.2, 0) is 4.74 Å². The Kier molecular flexibility index (Phi) is 6.69. The van der Waals surface area contributed by atoms with Crippen LogP contribution in [-0.4, -0.2) is 33.3 Å². The van der Waals surface area contributed by atoms with Crippen LogP contribution in [0.2, 0.25) is 0 Å². The Morgan fingerprint density at radius 1 is 1.12 bits per heavy atom. The van der Waals surface area contributed by atoms with E-state index in [9.17, 15) is 4.79 Å². The molecule has 6 heteroatoms. The van der Waals surface area contributed by atoms with Crippen LogP contribution in [0.4, 0.5) is 0 Å². The van der Waals surface area contributed by atoms with Crippen molar-refractivity contribution >= 4 is 5.91 Å². The van der Waals surface area contributed by atoms with Gasteiger partial charge in [-0.05, 0) is 45.4 Å². The van der Waals surface area contributed by atoms with Crippen molar-refractivity contribution in [2.75, 3.05) is 27.4 Å². The average Bonchev–Trinajstić information content (AvgIpc) is 2.87. The van der Waals surface area contributed by atoms with E-state index in [1.54, 1.807) is 21.1 Å². The number of nitrogens with one attached hydrogen (secondary N) is 1. The van der Waals surface area contributed by atoms with E-state index in [1.807, 2.05) is 39.0 Å². The van der Waals surface area contributed by atoms with Crippen molar-refractivity contribution in [2.45, 2.75) is 33.7 Å². The highest BCUT2D eigenvalue weighted by molar-refractivity contribution is 5.97. The summed E-state index contributed by atoms with van der Waals surface area (Å²) < 4.78 is 21.6. The average molecular weight is 361 g/mol. The highest BCUT2D eigenvalue weighted by Crippen LogP contribution is 2.30. The van der Waals surface area contributed by atoms with Gasteiger partial charge in [0, 0.05) is 12.7 Å². The van der Waals surface area contributed by atoms with Crippen LogP contribution in [0.1, 0.15) is 46.0 Å². The van der Waals surface area contributed by atoms with Crippen LogP contribution in [0.3, 0.4) is 0 Å². The number of methoxy groups -OCH3 is 2. The topological polar surface area (TPSA) is 69.9 Å². The number of benzene rings is 1. The fraction of sp³-hybridized carbons (Fsp3) is 0.450. The molecule has 142 valence electrons. The van der Waals surface area contributed by atoms with Gasteiger partial charge in [0.25, 0.3) is 5.91 Å². The lowest BCUT2D eigenvalue weighted by molar-refractivity contribution is 0.0937. The molecule has 1 N–H and O–H groups in total. The van der Waals surface area contributed by atoms with E-state index in [-0.39, 0.29) is 11.9 Å². The molecule has 0 unspecified atom stereocenters. The second-order valence-electron chi connectivity index (χ2n) is 6.16. The lowest BCUT2D eigenvalue weighted by Gasteiger charge is -2.17. The minimum Gasteiger partial charge on any atom is -0.493 e. The second-order valence-corrected chi connectivity index (χ2v) is 6.16. The molecular weight excluding hydrogens is 334 g/mol. The molecule has 0 aliphatic heterocycles. The third-order valence-corrected chi connectivity index (χ3v) is 4.37. The van der Waals surface area contributed by atoms with Crippen molar-refractivity contribution in [2.24, 2.45) is 0 Å².